The first-order valence-corrected chi connectivity index (χ1v) is 8.82. The van der Waals surface area contributed by atoms with Gasteiger partial charge in [0.1, 0.15) is 5.56 Å². The Morgan fingerprint density at radius 3 is 2.69 bits per heavy atom. The maximum absolute atomic E-state index is 12.5. The van der Waals surface area contributed by atoms with Gasteiger partial charge in [-0.3, -0.25) is 14.4 Å². The average molecular weight is 353 g/mol. The number of para-hydroxylation sites is 1. The molecule has 1 aromatic heterocycles. The maximum Gasteiger partial charge on any atom is 0.261 e. The zero-order valence-electron chi connectivity index (χ0n) is 15.0. The number of aryl methyl sites for hydroxylation is 1. The fourth-order valence-electron chi connectivity index (χ4n) is 3.29. The third-order valence-corrected chi connectivity index (χ3v) is 4.62. The van der Waals surface area contributed by atoms with Gasteiger partial charge in [0, 0.05) is 43.0 Å². The van der Waals surface area contributed by atoms with Gasteiger partial charge >= 0.3 is 0 Å². The van der Waals surface area contributed by atoms with Gasteiger partial charge in [-0.25, -0.2) is 0 Å². The number of carbonyl (C=O) groups is 2. The molecule has 0 fully saturated rings. The van der Waals surface area contributed by atoms with E-state index in [-0.39, 0.29) is 17.4 Å². The number of fused-ring (bicyclic) bond motifs is 1. The molecule has 0 saturated heterocycles. The van der Waals surface area contributed by atoms with E-state index in [1.54, 1.807) is 0 Å². The van der Waals surface area contributed by atoms with E-state index in [0.717, 1.165) is 12.1 Å². The molecule has 0 aliphatic heterocycles. The molecule has 1 heterocycles. The first-order valence-electron chi connectivity index (χ1n) is 8.82. The topological polar surface area (TPSA) is 82.3 Å². The molecule has 26 heavy (non-hydrogen) atoms. The highest BCUT2D eigenvalue weighted by Gasteiger charge is 2.22. The van der Waals surface area contributed by atoms with Crippen LogP contribution >= 0.6 is 0 Å². The monoisotopic (exact) mass is 353 g/mol. The van der Waals surface area contributed by atoms with Gasteiger partial charge in [-0.15, -0.1) is 0 Å². The van der Waals surface area contributed by atoms with E-state index in [2.05, 4.69) is 10.3 Å². The predicted octanol–water partition coefficient (Wildman–Crippen LogP) is 2.15. The fraction of sp³-hybridized carbons (Fsp3) is 0.350. The average Bonchev–Trinajstić information content (AvgIpc) is 2.62. The molecule has 1 amide bonds. The van der Waals surface area contributed by atoms with Crippen LogP contribution in [0.1, 0.15) is 46.2 Å². The minimum absolute atomic E-state index is 0.00628. The molecule has 0 bridgehead atoms. The number of nitrogens with one attached hydrogen (secondary N) is 2. The number of pyridine rings is 1. The van der Waals surface area contributed by atoms with Gasteiger partial charge in [-0.1, -0.05) is 18.2 Å². The smallest absolute Gasteiger partial charge is 0.261 e. The van der Waals surface area contributed by atoms with Crippen LogP contribution in [0.2, 0.25) is 0 Å². The molecule has 0 saturated carbocycles. The summed E-state index contributed by atoms with van der Waals surface area (Å²) >= 11 is 0. The van der Waals surface area contributed by atoms with Crippen molar-refractivity contribution in [1.29, 1.82) is 0 Å². The first-order chi connectivity index (χ1) is 12.5. The lowest BCUT2D eigenvalue weighted by molar-refractivity contribution is 0.0939. The minimum Gasteiger partial charge on any atom is -0.373 e. The largest absolute Gasteiger partial charge is 0.373 e. The summed E-state index contributed by atoms with van der Waals surface area (Å²) in [4.78, 5) is 41.5. The Labute approximate surface area is 152 Å². The second-order valence-electron chi connectivity index (χ2n) is 6.77. The number of rotatable bonds is 5. The normalized spacial score (nSPS) is 14.5. The van der Waals surface area contributed by atoms with Crippen molar-refractivity contribution in [3.05, 3.63) is 63.6 Å². The zero-order valence-corrected chi connectivity index (χ0v) is 15.0. The maximum atomic E-state index is 12.5. The third-order valence-electron chi connectivity index (χ3n) is 4.62. The van der Waals surface area contributed by atoms with Crippen LogP contribution in [-0.2, 0) is 6.42 Å². The molecular formula is C20H23N3O3. The van der Waals surface area contributed by atoms with Crippen LogP contribution in [-0.4, -0.2) is 36.3 Å². The standard InChI is InChI=1S/C20H23N3O3/c1-13(12-23(2)14-7-4-3-5-8-14)21-19(25)16-11-15-17(22-20(16)26)9-6-10-18(15)24/h3-5,7-8,11,13H,6,9-10,12H2,1-2H3,(H,21,25)(H,22,26). The third kappa shape index (κ3) is 3.85. The SMILES string of the molecule is CC(CN(C)c1ccccc1)NC(=O)c1cc2c([nH]c1=O)CCCC2=O. The molecule has 2 N–H and O–H groups in total. The number of carbonyl (C=O) groups excluding carboxylic acids is 2. The van der Waals surface area contributed by atoms with Crippen LogP contribution in [0.3, 0.4) is 0 Å². The lowest BCUT2D eigenvalue weighted by atomic mass is 9.93. The summed E-state index contributed by atoms with van der Waals surface area (Å²) in [6.07, 6.45) is 1.85. The molecule has 1 aliphatic carbocycles. The number of hydrogen-bond acceptors (Lipinski definition) is 4. The molecule has 136 valence electrons. The number of aromatic amines is 1. The van der Waals surface area contributed by atoms with E-state index in [0.29, 0.717) is 30.6 Å². The number of ketones is 1. The summed E-state index contributed by atoms with van der Waals surface area (Å²) in [6.45, 7) is 2.48. The van der Waals surface area contributed by atoms with Gasteiger partial charge in [-0.05, 0) is 38.0 Å². The number of likely N-dealkylation sites (N-methyl/N-ethyl adjacent to an activating group) is 1. The van der Waals surface area contributed by atoms with Crippen LogP contribution < -0.4 is 15.8 Å². The Bertz CT molecular complexity index is 874. The molecule has 1 atom stereocenters. The Morgan fingerprint density at radius 2 is 1.96 bits per heavy atom. The molecule has 1 aliphatic rings. The summed E-state index contributed by atoms with van der Waals surface area (Å²) in [5.74, 6) is -0.477. The highest BCUT2D eigenvalue weighted by Crippen LogP contribution is 2.18. The molecule has 1 aromatic carbocycles. The second-order valence-corrected chi connectivity index (χ2v) is 6.77. The van der Waals surface area contributed by atoms with E-state index in [1.165, 1.54) is 6.07 Å². The van der Waals surface area contributed by atoms with E-state index >= 15 is 0 Å². The van der Waals surface area contributed by atoms with Crippen molar-refractivity contribution in [2.45, 2.75) is 32.2 Å². The summed E-state index contributed by atoms with van der Waals surface area (Å²) in [7, 11) is 1.95. The van der Waals surface area contributed by atoms with Gasteiger partial charge in [-0.2, -0.15) is 0 Å². The van der Waals surface area contributed by atoms with Crippen LogP contribution in [0.4, 0.5) is 5.69 Å². The lowest BCUT2D eigenvalue weighted by Crippen LogP contribution is -2.42. The zero-order chi connectivity index (χ0) is 18.7. The number of anilines is 1. The van der Waals surface area contributed by atoms with Gasteiger partial charge < -0.3 is 15.2 Å². The number of aromatic nitrogens is 1. The van der Waals surface area contributed by atoms with Crippen molar-refractivity contribution in [1.82, 2.24) is 10.3 Å². The van der Waals surface area contributed by atoms with Crippen molar-refractivity contribution < 1.29 is 9.59 Å². The number of hydrogen-bond donors (Lipinski definition) is 2. The Hall–Kier alpha value is -2.89. The number of Topliss-reactive ketones (excluding diaryl/α,β-unsaturated/α-hetero) is 1. The van der Waals surface area contributed by atoms with E-state index in [9.17, 15) is 14.4 Å². The van der Waals surface area contributed by atoms with Crippen LogP contribution in [0.15, 0.2) is 41.2 Å². The number of H-pyrrole nitrogens is 1. The summed E-state index contributed by atoms with van der Waals surface area (Å²) in [5.41, 5.74) is 1.70. The van der Waals surface area contributed by atoms with Crippen LogP contribution in [0.25, 0.3) is 0 Å². The van der Waals surface area contributed by atoms with Crippen LogP contribution in [0.5, 0.6) is 0 Å². The minimum atomic E-state index is -0.457. The van der Waals surface area contributed by atoms with E-state index in [4.69, 9.17) is 0 Å². The molecule has 3 rings (SSSR count). The van der Waals surface area contributed by atoms with Gasteiger partial charge in [0.25, 0.3) is 11.5 Å². The molecule has 2 aromatic rings. The van der Waals surface area contributed by atoms with Crippen molar-refractivity contribution >= 4 is 17.4 Å². The molecule has 0 spiro atoms. The Kier molecular flexibility index (Phi) is 5.21. The number of nitrogens with zero attached hydrogens (tertiary/aromatic N) is 1. The quantitative estimate of drug-likeness (QED) is 0.863. The van der Waals surface area contributed by atoms with Gasteiger partial charge in [0.15, 0.2) is 5.78 Å². The molecular weight excluding hydrogens is 330 g/mol. The summed E-state index contributed by atoms with van der Waals surface area (Å²) in [5, 5.41) is 2.85. The van der Waals surface area contributed by atoms with E-state index < -0.39 is 11.5 Å². The first kappa shape index (κ1) is 17.9. The fourth-order valence-corrected chi connectivity index (χ4v) is 3.29. The Balaban J connectivity index is 1.71. The van der Waals surface area contributed by atoms with Crippen molar-refractivity contribution in [2.24, 2.45) is 0 Å². The van der Waals surface area contributed by atoms with Crippen molar-refractivity contribution in [3.8, 4) is 0 Å². The number of amides is 1. The molecule has 0 radical (unpaired) electrons. The molecule has 1 unspecified atom stereocenters. The van der Waals surface area contributed by atoms with Crippen molar-refractivity contribution in [3.63, 3.8) is 0 Å². The number of benzene rings is 1. The van der Waals surface area contributed by atoms with Gasteiger partial charge in [0.05, 0.1) is 0 Å². The predicted molar refractivity (Wildman–Crippen MR) is 101 cm³/mol. The lowest BCUT2D eigenvalue weighted by Gasteiger charge is -2.24. The van der Waals surface area contributed by atoms with Gasteiger partial charge in [0.2, 0.25) is 0 Å². The Morgan fingerprint density at radius 1 is 1.23 bits per heavy atom. The summed E-state index contributed by atoms with van der Waals surface area (Å²) in [6, 6.07) is 11.1. The highest BCUT2D eigenvalue weighted by molar-refractivity contribution is 6.01. The van der Waals surface area contributed by atoms with Crippen molar-refractivity contribution in [2.75, 3.05) is 18.5 Å². The molecule has 6 heteroatoms. The second kappa shape index (κ2) is 7.56. The van der Waals surface area contributed by atoms with E-state index in [1.807, 2.05) is 49.2 Å². The van der Waals surface area contributed by atoms with Crippen LogP contribution in [0, 0.1) is 0 Å². The highest BCUT2D eigenvalue weighted by atomic mass is 16.2. The molecule has 6 nitrogen and oxygen atoms in total. The summed E-state index contributed by atoms with van der Waals surface area (Å²) < 4.78 is 0.